The third-order valence-electron chi connectivity index (χ3n) is 3.37. The zero-order valence-corrected chi connectivity index (χ0v) is 16.2. The third kappa shape index (κ3) is 6.01. The molecule has 1 aliphatic rings. The summed E-state index contributed by atoms with van der Waals surface area (Å²) in [6.45, 7) is 2.15. The van der Waals surface area contributed by atoms with Crippen molar-refractivity contribution >= 4 is 35.4 Å². The van der Waals surface area contributed by atoms with Crippen LogP contribution in [0.2, 0.25) is 0 Å². The highest BCUT2D eigenvalue weighted by Crippen LogP contribution is 2.29. The van der Waals surface area contributed by atoms with Crippen molar-refractivity contribution in [1.29, 1.82) is 0 Å². The molecule has 0 N–H and O–H groups in total. The SMILES string of the molecule is COC(=O)/C=C1/SCC(=O)N1CCCSc1nnnn1CCN(C)C. The van der Waals surface area contributed by atoms with Gasteiger partial charge in [-0.25, -0.2) is 9.48 Å². The number of hydrogen-bond acceptors (Lipinski definition) is 9. The molecule has 1 saturated heterocycles. The highest BCUT2D eigenvalue weighted by molar-refractivity contribution is 8.04. The van der Waals surface area contributed by atoms with Gasteiger partial charge in [-0.2, -0.15) is 0 Å². The van der Waals surface area contributed by atoms with Crippen LogP contribution < -0.4 is 0 Å². The predicted molar refractivity (Wildman–Crippen MR) is 96.0 cm³/mol. The number of likely N-dealkylation sites (N-methyl/N-ethyl adjacent to an activating group) is 1. The first-order valence-corrected chi connectivity index (χ1v) is 9.75. The van der Waals surface area contributed by atoms with Crippen LogP contribution in [0.25, 0.3) is 0 Å². The van der Waals surface area contributed by atoms with Crippen molar-refractivity contribution in [3.8, 4) is 0 Å². The smallest absolute Gasteiger partial charge is 0.333 e. The number of esters is 1. The number of carbonyl (C=O) groups is 2. The lowest BCUT2D eigenvalue weighted by atomic mass is 10.4. The van der Waals surface area contributed by atoms with Crippen LogP contribution in [0.1, 0.15) is 6.42 Å². The molecule has 0 aromatic carbocycles. The van der Waals surface area contributed by atoms with Crippen molar-refractivity contribution in [3.05, 3.63) is 11.1 Å². The van der Waals surface area contributed by atoms with Crippen LogP contribution in [0, 0.1) is 0 Å². The van der Waals surface area contributed by atoms with Gasteiger partial charge in [-0.1, -0.05) is 23.5 Å². The Bertz CT molecular complexity index is 634. The summed E-state index contributed by atoms with van der Waals surface area (Å²) in [6.07, 6.45) is 2.14. The van der Waals surface area contributed by atoms with Gasteiger partial charge in [0.25, 0.3) is 0 Å². The number of methoxy groups -OCH3 is 1. The van der Waals surface area contributed by atoms with Gasteiger partial charge in [0, 0.05) is 18.8 Å². The summed E-state index contributed by atoms with van der Waals surface area (Å²) in [5.74, 6) is 0.707. The van der Waals surface area contributed by atoms with Crippen molar-refractivity contribution < 1.29 is 14.3 Å². The quantitative estimate of drug-likeness (QED) is 0.257. The summed E-state index contributed by atoms with van der Waals surface area (Å²) in [7, 11) is 5.33. The molecule has 0 spiro atoms. The van der Waals surface area contributed by atoms with Crippen molar-refractivity contribution in [2.45, 2.75) is 18.1 Å². The molecule has 2 heterocycles. The summed E-state index contributed by atoms with van der Waals surface area (Å²) in [5.41, 5.74) is 0. The van der Waals surface area contributed by atoms with E-state index in [2.05, 4.69) is 25.2 Å². The van der Waals surface area contributed by atoms with E-state index < -0.39 is 5.97 Å². The normalized spacial score (nSPS) is 16.2. The lowest BCUT2D eigenvalue weighted by molar-refractivity contribution is -0.134. The Hall–Kier alpha value is -1.59. The molecule has 0 saturated carbocycles. The van der Waals surface area contributed by atoms with Gasteiger partial charge in [0.2, 0.25) is 11.1 Å². The third-order valence-corrected chi connectivity index (χ3v) is 5.44. The molecule has 138 valence electrons. The van der Waals surface area contributed by atoms with Crippen LogP contribution in [0.15, 0.2) is 16.3 Å². The first-order chi connectivity index (χ1) is 12.0. The maximum atomic E-state index is 11.9. The molecular weight excluding hydrogens is 364 g/mol. The van der Waals surface area contributed by atoms with Gasteiger partial charge in [0.15, 0.2) is 0 Å². The number of hydrogen-bond donors (Lipinski definition) is 0. The largest absolute Gasteiger partial charge is 0.466 e. The molecule has 1 aliphatic heterocycles. The van der Waals surface area contributed by atoms with Gasteiger partial charge in [-0.3, -0.25) is 4.79 Å². The maximum Gasteiger partial charge on any atom is 0.333 e. The van der Waals surface area contributed by atoms with Crippen LogP contribution >= 0.6 is 23.5 Å². The van der Waals surface area contributed by atoms with Gasteiger partial charge < -0.3 is 14.5 Å². The second-order valence-corrected chi connectivity index (χ2v) is 7.59. The van der Waals surface area contributed by atoms with E-state index in [0.717, 1.165) is 30.4 Å². The van der Waals surface area contributed by atoms with E-state index >= 15 is 0 Å². The molecule has 11 heteroatoms. The number of ether oxygens (including phenoxy) is 1. The first-order valence-electron chi connectivity index (χ1n) is 7.77. The minimum atomic E-state index is -0.448. The number of nitrogens with zero attached hydrogens (tertiary/aromatic N) is 6. The lowest BCUT2D eigenvalue weighted by Gasteiger charge is -2.16. The van der Waals surface area contributed by atoms with E-state index in [0.29, 0.717) is 17.3 Å². The van der Waals surface area contributed by atoms with Gasteiger partial charge in [-0.05, 0) is 30.9 Å². The topological polar surface area (TPSA) is 93.5 Å². The van der Waals surface area contributed by atoms with Crippen LogP contribution in [-0.4, -0.2) is 87.7 Å². The summed E-state index contributed by atoms with van der Waals surface area (Å²) < 4.78 is 6.41. The van der Waals surface area contributed by atoms with Gasteiger partial charge in [0.05, 0.1) is 30.5 Å². The summed E-state index contributed by atoms with van der Waals surface area (Å²) in [5, 5.41) is 13.2. The molecule has 0 radical (unpaired) electrons. The maximum absolute atomic E-state index is 11.9. The molecule has 0 unspecified atom stereocenters. The standard InChI is InChI=1S/C14H22N6O3S2/c1-18(2)6-7-20-14(15-16-17-20)24-8-4-5-19-11(21)10-25-12(19)9-13(22)23-3/h9H,4-8,10H2,1-3H3/b12-9+. The van der Waals surface area contributed by atoms with E-state index in [1.54, 1.807) is 21.3 Å². The molecule has 2 rings (SSSR count). The second kappa shape index (κ2) is 9.78. The Morgan fingerprint density at radius 2 is 2.24 bits per heavy atom. The number of rotatable bonds is 9. The molecule has 0 aliphatic carbocycles. The van der Waals surface area contributed by atoms with E-state index in [1.807, 2.05) is 14.1 Å². The predicted octanol–water partition coefficient (Wildman–Crippen LogP) is 0.307. The lowest BCUT2D eigenvalue weighted by Crippen LogP contribution is -2.26. The minimum Gasteiger partial charge on any atom is -0.466 e. The van der Waals surface area contributed by atoms with Crippen molar-refractivity contribution in [2.75, 3.05) is 45.8 Å². The van der Waals surface area contributed by atoms with Crippen LogP contribution in [0.5, 0.6) is 0 Å². The zero-order valence-electron chi connectivity index (χ0n) is 14.5. The Balaban J connectivity index is 1.80. The average molecular weight is 387 g/mol. The monoisotopic (exact) mass is 386 g/mol. The average Bonchev–Trinajstić information content (AvgIpc) is 3.17. The highest BCUT2D eigenvalue weighted by Gasteiger charge is 2.26. The first kappa shape index (κ1) is 19.7. The van der Waals surface area contributed by atoms with Crippen molar-refractivity contribution in [1.82, 2.24) is 30.0 Å². The van der Waals surface area contributed by atoms with Crippen LogP contribution in [-0.2, 0) is 20.9 Å². The molecule has 1 aromatic rings. The van der Waals surface area contributed by atoms with E-state index in [-0.39, 0.29) is 5.91 Å². The molecule has 9 nitrogen and oxygen atoms in total. The van der Waals surface area contributed by atoms with E-state index in [9.17, 15) is 9.59 Å². The van der Waals surface area contributed by atoms with E-state index in [4.69, 9.17) is 0 Å². The van der Waals surface area contributed by atoms with E-state index in [1.165, 1.54) is 24.9 Å². The van der Waals surface area contributed by atoms with Crippen LogP contribution in [0.4, 0.5) is 0 Å². The molecule has 25 heavy (non-hydrogen) atoms. The van der Waals surface area contributed by atoms with Gasteiger partial charge in [-0.15, -0.1) is 5.10 Å². The van der Waals surface area contributed by atoms with Crippen molar-refractivity contribution in [3.63, 3.8) is 0 Å². The second-order valence-electron chi connectivity index (χ2n) is 5.53. The number of aromatic nitrogens is 4. The minimum absolute atomic E-state index is 0.0148. The molecule has 0 bridgehead atoms. The molecule has 1 amide bonds. The number of thioether (sulfide) groups is 2. The Morgan fingerprint density at radius 1 is 1.44 bits per heavy atom. The van der Waals surface area contributed by atoms with Crippen LogP contribution in [0.3, 0.4) is 0 Å². The summed E-state index contributed by atoms with van der Waals surface area (Å²) in [4.78, 5) is 27.0. The Morgan fingerprint density at radius 3 is 2.96 bits per heavy atom. The highest BCUT2D eigenvalue weighted by atomic mass is 32.2. The molecule has 1 aromatic heterocycles. The molecular formula is C14H22N6O3S2. The zero-order chi connectivity index (χ0) is 18.2. The van der Waals surface area contributed by atoms with Crippen molar-refractivity contribution in [2.24, 2.45) is 0 Å². The number of amides is 1. The number of carbonyl (C=O) groups excluding carboxylic acids is 2. The van der Waals surface area contributed by atoms with Gasteiger partial charge in [0.1, 0.15) is 0 Å². The summed E-state index contributed by atoms with van der Waals surface area (Å²) >= 11 is 2.92. The Labute approximate surface area is 155 Å². The molecule has 1 fully saturated rings. The Kier molecular flexibility index (Phi) is 7.72. The summed E-state index contributed by atoms with van der Waals surface area (Å²) in [6, 6.07) is 0. The van der Waals surface area contributed by atoms with Gasteiger partial charge >= 0.3 is 5.97 Å². The fourth-order valence-electron chi connectivity index (χ4n) is 2.05. The number of tetrazole rings is 1. The fraction of sp³-hybridized carbons (Fsp3) is 0.643. The molecule has 0 atom stereocenters. The fourth-order valence-corrected chi connectivity index (χ4v) is 3.83.